The summed E-state index contributed by atoms with van der Waals surface area (Å²) in [6.07, 6.45) is 3.20. The monoisotopic (exact) mass is 385 g/mol. The Balaban J connectivity index is 1.35. The molecule has 0 spiro atoms. The molecule has 1 aliphatic heterocycles. The van der Waals surface area contributed by atoms with Crippen molar-refractivity contribution in [3.05, 3.63) is 34.9 Å². The predicted octanol–water partition coefficient (Wildman–Crippen LogP) is 2.34. The highest BCUT2D eigenvalue weighted by molar-refractivity contribution is 7.90. The Morgan fingerprint density at radius 2 is 1.72 bits per heavy atom. The zero-order chi connectivity index (χ0) is 17.9. The summed E-state index contributed by atoms with van der Waals surface area (Å²) in [5.74, 6) is 0.326. The Morgan fingerprint density at radius 1 is 1.08 bits per heavy atom. The van der Waals surface area contributed by atoms with Crippen LogP contribution in [0.2, 0.25) is 5.02 Å². The molecule has 0 radical (unpaired) electrons. The lowest BCUT2D eigenvalue weighted by atomic mass is 9.98. The van der Waals surface area contributed by atoms with Gasteiger partial charge in [0.2, 0.25) is 10.0 Å². The topological polar surface area (TPSA) is 78.5 Å². The molecule has 6 nitrogen and oxygen atoms in total. The van der Waals surface area contributed by atoms with E-state index < -0.39 is 10.0 Å². The summed E-state index contributed by atoms with van der Waals surface area (Å²) in [5, 5.41) is 6.22. The van der Waals surface area contributed by atoms with Gasteiger partial charge < -0.3 is 10.6 Å². The highest BCUT2D eigenvalue weighted by atomic mass is 35.5. The van der Waals surface area contributed by atoms with Crippen molar-refractivity contribution in [2.45, 2.75) is 37.5 Å². The molecule has 0 atom stereocenters. The van der Waals surface area contributed by atoms with Crippen LogP contribution in [0.5, 0.6) is 0 Å². The number of carbonyl (C=O) groups is 1. The summed E-state index contributed by atoms with van der Waals surface area (Å²) >= 11 is 5.83. The van der Waals surface area contributed by atoms with Crippen molar-refractivity contribution in [2.24, 2.45) is 5.92 Å². The summed E-state index contributed by atoms with van der Waals surface area (Å²) in [5.41, 5.74) is 0.984. The van der Waals surface area contributed by atoms with E-state index in [2.05, 4.69) is 10.6 Å². The summed E-state index contributed by atoms with van der Waals surface area (Å²) in [4.78, 5) is 11.9. The smallest absolute Gasteiger partial charge is 0.315 e. The maximum atomic E-state index is 12.2. The average molecular weight is 386 g/mol. The molecule has 1 saturated heterocycles. The first kappa shape index (κ1) is 18.5. The van der Waals surface area contributed by atoms with Gasteiger partial charge in [-0.15, -0.1) is 0 Å². The molecule has 8 heteroatoms. The number of nitrogens with zero attached hydrogens (tertiary/aromatic N) is 1. The van der Waals surface area contributed by atoms with Crippen molar-refractivity contribution in [1.29, 1.82) is 0 Å². The van der Waals surface area contributed by atoms with Crippen molar-refractivity contribution in [3.63, 3.8) is 0 Å². The zero-order valence-corrected chi connectivity index (χ0v) is 15.7. The third-order valence-electron chi connectivity index (χ3n) is 4.80. The molecular formula is C17H24ClN3O3S. The lowest BCUT2D eigenvalue weighted by Gasteiger charge is -2.31. The number of piperidine rings is 1. The van der Waals surface area contributed by atoms with Crippen LogP contribution in [-0.2, 0) is 16.6 Å². The van der Waals surface area contributed by atoms with E-state index in [0.717, 1.165) is 31.2 Å². The molecule has 2 N–H and O–H groups in total. The fourth-order valence-corrected chi connectivity index (χ4v) is 5.03. The Morgan fingerprint density at radius 3 is 2.32 bits per heavy atom. The largest absolute Gasteiger partial charge is 0.338 e. The average Bonchev–Trinajstić information content (AvgIpc) is 3.45. The van der Waals surface area contributed by atoms with Gasteiger partial charge in [0.05, 0.1) is 5.25 Å². The second-order valence-corrected chi connectivity index (χ2v) is 9.43. The third-order valence-corrected chi connectivity index (χ3v) is 7.45. The van der Waals surface area contributed by atoms with Gasteiger partial charge in [-0.3, -0.25) is 0 Å². The van der Waals surface area contributed by atoms with Crippen LogP contribution in [-0.4, -0.2) is 43.6 Å². The van der Waals surface area contributed by atoms with Crippen LogP contribution >= 0.6 is 11.6 Å². The lowest BCUT2D eigenvalue weighted by Crippen LogP contribution is -2.44. The van der Waals surface area contributed by atoms with Gasteiger partial charge in [-0.2, -0.15) is 0 Å². The van der Waals surface area contributed by atoms with E-state index >= 15 is 0 Å². The molecule has 0 aromatic heterocycles. The van der Waals surface area contributed by atoms with Crippen molar-refractivity contribution in [2.75, 3.05) is 19.6 Å². The van der Waals surface area contributed by atoms with Gasteiger partial charge in [0.15, 0.2) is 0 Å². The highest BCUT2D eigenvalue weighted by Gasteiger charge is 2.41. The van der Waals surface area contributed by atoms with Crippen molar-refractivity contribution >= 4 is 27.7 Å². The summed E-state index contributed by atoms with van der Waals surface area (Å²) in [6, 6.07) is 7.12. The number of halogens is 1. The van der Waals surface area contributed by atoms with Crippen LogP contribution in [0, 0.1) is 5.92 Å². The van der Waals surface area contributed by atoms with Crippen molar-refractivity contribution in [1.82, 2.24) is 14.9 Å². The molecule has 2 aliphatic rings. The minimum Gasteiger partial charge on any atom is -0.338 e. The first-order chi connectivity index (χ1) is 11.9. The van der Waals surface area contributed by atoms with E-state index in [1.807, 2.05) is 12.1 Å². The number of benzene rings is 1. The minimum absolute atomic E-state index is 0.138. The number of carbonyl (C=O) groups excluding carboxylic acids is 1. The number of nitrogens with one attached hydrogen (secondary N) is 2. The molecule has 0 bridgehead atoms. The molecule has 1 heterocycles. The minimum atomic E-state index is -3.06. The van der Waals surface area contributed by atoms with E-state index in [-0.39, 0.29) is 11.3 Å². The van der Waals surface area contributed by atoms with E-state index in [0.29, 0.717) is 37.1 Å². The number of sulfonamides is 1. The SMILES string of the molecule is O=C(NCc1ccc(Cl)cc1)NCC1CCN(S(=O)(=O)C2CC2)CC1. The molecule has 1 aliphatic carbocycles. The third kappa shape index (κ3) is 5.09. The van der Waals surface area contributed by atoms with Crippen LogP contribution in [0.15, 0.2) is 24.3 Å². The molecule has 138 valence electrons. The summed E-state index contributed by atoms with van der Waals surface area (Å²) < 4.78 is 26.0. The second-order valence-electron chi connectivity index (χ2n) is 6.78. The molecule has 0 unspecified atom stereocenters. The van der Waals surface area contributed by atoms with Gasteiger partial charge in [0.25, 0.3) is 0 Å². The highest BCUT2D eigenvalue weighted by Crippen LogP contribution is 2.33. The Kier molecular flexibility index (Phi) is 5.86. The van der Waals surface area contributed by atoms with Crippen LogP contribution in [0.3, 0.4) is 0 Å². The summed E-state index contributed by atoms with van der Waals surface area (Å²) in [7, 11) is -3.06. The first-order valence-electron chi connectivity index (χ1n) is 8.70. The maximum Gasteiger partial charge on any atom is 0.315 e. The first-order valence-corrected chi connectivity index (χ1v) is 10.6. The van der Waals surface area contributed by atoms with E-state index in [1.54, 1.807) is 16.4 Å². The van der Waals surface area contributed by atoms with Crippen molar-refractivity contribution in [3.8, 4) is 0 Å². The molecule has 2 amide bonds. The molecule has 2 fully saturated rings. The van der Waals surface area contributed by atoms with E-state index in [9.17, 15) is 13.2 Å². The van der Waals surface area contributed by atoms with E-state index in [4.69, 9.17) is 11.6 Å². The standard InChI is InChI=1S/C17H24ClN3O3S/c18-15-3-1-13(2-4-15)11-19-17(22)20-12-14-7-9-21(10-8-14)25(23,24)16-5-6-16/h1-4,14,16H,5-12H2,(H2,19,20,22). The number of hydrogen-bond donors (Lipinski definition) is 2. The van der Waals surface area contributed by atoms with Gasteiger partial charge >= 0.3 is 6.03 Å². The fourth-order valence-electron chi connectivity index (χ4n) is 3.03. The molecule has 1 saturated carbocycles. The fraction of sp³-hybridized carbons (Fsp3) is 0.588. The molecule has 3 rings (SSSR count). The lowest BCUT2D eigenvalue weighted by molar-refractivity contribution is 0.230. The number of hydrogen-bond acceptors (Lipinski definition) is 3. The number of amides is 2. The van der Waals surface area contributed by atoms with Crippen LogP contribution in [0.25, 0.3) is 0 Å². The molecule has 1 aromatic rings. The Hall–Kier alpha value is -1.31. The quantitative estimate of drug-likeness (QED) is 0.788. The molecule has 25 heavy (non-hydrogen) atoms. The van der Waals surface area contributed by atoms with Crippen LogP contribution in [0.1, 0.15) is 31.2 Å². The van der Waals surface area contributed by atoms with Gasteiger partial charge in [0.1, 0.15) is 0 Å². The van der Waals surface area contributed by atoms with Gasteiger partial charge in [-0.1, -0.05) is 23.7 Å². The summed E-state index contributed by atoms with van der Waals surface area (Å²) in [6.45, 7) is 2.15. The zero-order valence-electron chi connectivity index (χ0n) is 14.1. The van der Waals surface area contributed by atoms with Crippen LogP contribution < -0.4 is 10.6 Å². The van der Waals surface area contributed by atoms with Crippen molar-refractivity contribution < 1.29 is 13.2 Å². The van der Waals surface area contributed by atoms with Crippen LogP contribution in [0.4, 0.5) is 4.79 Å². The number of urea groups is 1. The predicted molar refractivity (Wildman–Crippen MR) is 97.9 cm³/mol. The molecule has 1 aromatic carbocycles. The second kappa shape index (κ2) is 7.93. The van der Waals surface area contributed by atoms with Gasteiger partial charge in [0, 0.05) is 31.2 Å². The maximum absolute atomic E-state index is 12.2. The Labute approximate surface area is 154 Å². The number of rotatable bonds is 6. The van der Waals surface area contributed by atoms with E-state index in [1.165, 1.54) is 0 Å². The Bertz CT molecular complexity index is 696. The van der Waals surface area contributed by atoms with Gasteiger partial charge in [-0.25, -0.2) is 17.5 Å². The normalized spacial score (nSPS) is 19.6. The van der Waals surface area contributed by atoms with Gasteiger partial charge in [-0.05, 0) is 49.3 Å². The molecular weight excluding hydrogens is 362 g/mol.